The van der Waals surface area contributed by atoms with Gasteiger partial charge in [0.2, 0.25) is 0 Å². The Morgan fingerprint density at radius 1 is 0.962 bits per heavy atom. The zero-order valence-corrected chi connectivity index (χ0v) is 16.1. The SMILES string of the molecule is COc1ccc(OC)c(C(O)CNCc2cc(Cl)c(OC)c(OC)c2)c1. The number of aliphatic hydroxyl groups is 1. The number of nitrogens with one attached hydrogen (secondary N) is 1. The largest absolute Gasteiger partial charge is 0.497 e. The standard InChI is InChI=1S/C19H24ClNO5/c1-23-13-5-6-17(24-2)14(9-13)16(22)11-21-10-12-7-15(20)19(26-4)18(8-12)25-3/h5-9,16,21-22H,10-11H2,1-4H3. The fourth-order valence-electron chi connectivity index (χ4n) is 2.64. The topological polar surface area (TPSA) is 69.2 Å². The number of rotatable bonds is 9. The van der Waals surface area contributed by atoms with Gasteiger partial charge in [-0.1, -0.05) is 11.6 Å². The van der Waals surface area contributed by atoms with Crippen LogP contribution in [0.4, 0.5) is 0 Å². The molecule has 0 saturated heterocycles. The number of aliphatic hydroxyl groups excluding tert-OH is 1. The Balaban J connectivity index is 2.05. The molecule has 0 spiro atoms. The Morgan fingerprint density at radius 2 is 1.69 bits per heavy atom. The molecule has 0 fully saturated rings. The molecule has 0 aliphatic carbocycles. The van der Waals surface area contributed by atoms with Gasteiger partial charge in [0.25, 0.3) is 0 Å². The lowest BCUT2D eigenvalue weighted by Crippen LogP contribution is -2.21. The lowest BCUT2D eigenvalue weighted by atomic mass is 10.1. The molecule has 0 aliphatic rings. The van der Waals surface area contributed by atoms with Crippen LogP contribution in [0.3, 0.4) is 0 Å². The van der Waals surface area contributed by atoms with Crippen LogP contribution in [0.15, 0.2) is 30.3 Å². The van der Waals surface area contributed by atoms with Gasteiger partial charge in [-0.25, -0.2) is 0 Å². The van der Waals surface area contributed by atoms with Crippen molar-refractivity contribution in [3.63, 3.8) is 0 Å². The molecule has 2 rings (SSSR count). The first kappa shape index (κ1) is 20.2. The van der Waals surface area contributed by atoms with Gasteiger partial charge in [0.1, 0.15) is 11.5 Å². The summed E-state index contributed by atoms with van der Waals surface area (Å²) < 4.78 is 21.0. The summed E-state index contributed by atoms with van der Waals surface area (Å²) in [6.07, 6.45) is -0.754. The lowest BCUT2D eigenvalue weighted by Gasteiger charge is -2.17. The second-order valence-corrected chi connectivity index (χ2v) is 5.97. The number of ether oxygens (including phenoxy) is 4. The molecule has 2 aromatic carbocycles. The van der Waals surface area contributed by atoms with Crippen molar-refractivity contribution in [2.24, 2.45) is 0 Å². The van der Waals surface area contributed by atoms with Crippen LogP contribution in [0.25, 0.3) is 0 Å². The van der Waals surface area contributed by atoms with Crippen molar-refractivity contribution in [3.05, 3.63) is 46.5 Å². The Bertz CT molecular complexity index is 738. The fourth-order valence-corrected chi connectivity index (χ4v) is 2.95. The van der Waals surface area contributed by atoms with Crippen molar-refractivity contribution in [1.82, 2.24) is 5.32 Å². The third kappa shape index (κ3) is 4.72. The van der Waals surface area contributed by atoms with Crippen molar-refractivity contribution >= 4 is 11.6 Å². The molecule has 0 amide bonds. The van der Waals surface area contributed by atoms with E-state index in [2.05, 4.69) is 5.32 Å². The highest BCUT2D eigenvalue weighted by molar-refractivity contribution is 6.32. The van der Waals surface area contributed by atoms with Crippen LogP contribution in [0.1, 0.15) is 17.2 Å². The Morgan fingerprint density at radius 3 is 2.31 bits per heavy atom. The van der Waals surface area contributed by atoms with Gasteiger partial charge in [-0.15, -0.1) is 0 Å². The number of hydrogen-bond acceptors (Lipinski definition) is 6. The molecule has 0 aliphatic heterocycles. The van der Waals surface area contributed by atoms with Crippen molar-refractivity contribution < 1.29 is 24.1 Å². The number of hydrogen-bond donors (Lipinski definition) is 2. The van der Waals surface area contributed by atoms with E-state index < -0.39 is 6.10 Å². The number of methoxy groups -OCH3 is 4. The smallest absolute Gasteiger partial charge is 0.179 e. The molecule has 1 atom stereocenters. The molecule has 0 bridgehead atoms. The van der Waals surface area contributed by atoms with E-state index in [-0.39, 0.29) is 0 Å². The van der Waals surface area contributed by atoms with E-state index in [0.29, 0.717) is 46.7 Å². The van der Waals surface area contributed by atoms with Crippen molar-refractivity contribution in [1.29, 1.82) is 0 Å². The Labute approximate surface area is 158 Å². The summed E-state index contributed by atoms with van der Waals surface area (Å²) in [4.78, 5) is 0. The van der Waals surface area contributed by atoms with Gasteiger partial charge in [-0.2, -0.15) is 0 Å². The van der Waals surface area contributed by atoms with E-state index in [1.165, 1.54) is 0 Å². The number of benzene rings is 2. The van der Waals surface area contributed by atoms with E-state index in [0.717, 1.165) is 5.56 Å². The minimum absolute atomic E-state index is 0.329. The monoisotopic (exact) mass is 381 g/mol. The van der Waals surface area contributed by atoms with Gasteiger partial charge in [0.15, 0.2) is 11.5 Å². The van der Waals surface area contributed by atoms with E-state index in [9.17, 15) is 5.11 Å². The van der Waals surface area contributed by atoms with E-state index in [1.54, 1.807) is 52.7 Å². The highest BCUT2D eigenvalue weighted by Crippen LogP contribution is 2.36. The third-order valence-corrected chi connectivity index (χ3v) is 4.24. The summed E-state index contributed by atoms with van der Waals surface area (Å²) in [5.74, 6) is 2.33. The Hall–Kier alpha value is -2.15. The molecular formula is C19H24ClNO5. The lowest BCUT2D eigenvalue weighted by molar-refractivity contribution is 0.169. The third-order valence-electron chi connectivity index (χ3n) is 3.96. The molecule has 26 heavy (non-hydrogen) atoms. The molecule has 2 aromatic rings. The predicted octanol–water partition coefficient (Wildman–Crippen LogP) is 3.20. The highest BCUT2D eigenvalue weighted by atomic mass is 35.5. The van der Waals surface area contributed by atoms with E-state index >= 15 is 0 Å². The average Bonchev–Trinajstić information content (AvgIpc) is 2.66. The molecule has 6 nitrogen and oxygen atoms in total. The summed E-state index contributed by atoms with van der Waals surface area (Å²) >= 11 is 6.21. The van der Waals surface area contributed by atoms with Gasteiger partial charge < -0.3 is 29.4 Å². The molecule has 0 radical (unpaired) electrons. The minimum Gasteiger partial charge on any atom is -0.497 e. The molecule has 0 heterocycles. The van der Waals surface area contributed by atoms with Crippen LogP contribution in [0.2, 0.25) is 5.02 Å². The van der Waals surface area contributed by atoms with Crippen LogP contribution in [0, 0.1) is 0 Å². The van der Waals surface area contributed by atoms with Crippen LogP contribution in [0.5, 0.6) is 23.0 Å². The van der Waals surface area contributed by atoms with Crippen molar-refractivity contribution in [2.45, 2.75) is 12.6 Å². The van der Waals surface area contributed by atoms with Crippen molar-refractivity contribution in [2.75, 3.05) is 35.0 Å². The minimum atomic E-state index is -0.754. The van der Waals surface area contributed by atoms with Crippen LogP contribution >= 0.6 is 11.6 Å². The first-order chi connectivity index (χ1) is 12.5. The molecule has 0 saturated carbocycles. The molecular weight excluding hydrogens is 358 g/mol. The second-order valence-electron chi connectivity index (χ2n) is 5.57. The van der Waals surface area contributed by atoms with Crippen LogP contribution in [-0.2, 0) is 6.54 Å². The molecule has 142 valence electrons. The summed E-state index contributed by atoms with van der Waals surface area (Å²) in [6, 6.07) is 8.96. The molecule has 0 aromatic heterocycles. The van der Waals surface area contributed by atoms with E-state index in [4.69, 9.17) is 30.5 Å². The summed E-state index contributed by atoms with van der Waals surface area (Å²) in [7, 11) is 6.25. The van der Waals surface area contributed by atoms with Crippen LogP contribution in [-0.4, -0.2) is 40.1 Å². The van der Waals surface area contributed by atoms with Gasteiger partial charge in [0.05, 0.1) is 39.6 Å². The van der Waals surface area contributed by atoms with Gasteiger partial charge in [-0.05, 0) is 35.9 Å². The zero-order valence-electron chi connectivity index (χ0n) is 15.3. The van der Waals surface area contributed by atoms with Gasteiger partial charge >= 0.3 is 0 Å². The normalized spacial score (nSPS) is 11.8. The van der Waals surface area contributed by atoms with Gasteiger partial charge in [0, 0.05) is 18.7 Å². The second kappa shape index (κ2) is 9.52. The van der Waals surface area contributed by atoms with Crippen molar-refractivity contribution in [3.8, 4) is 23.0 Å². The maximum absolute atomic E-state index is 10.5. The zero-order chi connectivity index (χ0) is 19.1. The van der Waals surface area contributed by atoms with E-state index in [1.807, 2.05) is 6.07 Å². The first-order valence-corrected chi connectivity index (χ1v) is 8.42. The summed E-state index contributed by atoms with van der Waals surface area (Å²) in [5, 5.41) is 14.2. The predicted molar refractivity (Wildman–Crippen MR) is 101 cm³/mol. The summed E-state index contributed by atoms with van der Waals surface area (Å²) in [6.45, 7) is 0.832. The molecule has 7 heteroatoms. The quantitative estimate of drug-likeness (QED) is 0.695. The Kier molecular flexibility index (Phi) is 7.38. The maximum atomic E-state index is 10.5. The maximum Gasteiger partial charge on any atom is 0.179 e. The summed E-state index contributed by atoms with van der Waals surface area (Å²) in [5.41, 5.74) is 1.57. The molecule has 1 unspecified atom stereocenters. The van der Waals surface area contributed by atoms with Crippen LogP contribution < -0.4 is 24.3 Å². The van der Waals surface area contributed by atoms with Gasteiger partial charge in [-0.3, -0.25) is 0 Å². The first-order valence-electron chi connectivity index (χ1n) is 8.05. The molecule has 2 N–H and O–H groups in total. The fraction of sp³-hybridized carbons (Fsp3) is 0.368. The number of halogens is 1. The average molecular weight is 382 g/mol. The highest BCUT2D eigenvalue weighted by Gasteiger charge is 2.15.